The molecule has 2 saturated heterocycles. The number of carbonyl (C=O) groups excluding carboxylic acids is 1. The van der Waals surface area contributed by atoms with Crippen molar-refractivity contribution in [2.45, 2.75) is 37.6 Å². The van der Waals surface area contributed by atoms with Crippen LogP contribution in [0, 0.1) is 0 Å². The normalized spacial score (nSPS) is 28.8. The molecule has 21 heavy (non-hydrogen) atoms. The lowest BCUT2D eigenvalue weighted by atomic mass is 10.0. The molecule has 0 bridgehead atoms. The van der Waals surface area contributed by atoms with Crippen molar-refractivity contribution in [2.24, 2.45) is 0 Å². The molecule has 0 spiro atoms. The van der Waals surface area contributed by atoms with E-state index in [1.54, 1.807) is 0 Å². The summed E-state index contributed by atoms with van der Waals surface area (Å²) in [4.78, 5) is 12.0. The van der Waals surface area contributed by atoms with Crippen molar-refractivity contribution in [3.8, 4) is 0 Å². The van der Waals surface area contributed by atoms with Gasteiger partial charge in [0.15, 0.2) is 0 Å². The van der Waals surface area contributed by atoms with Crippen LogP contribution in [0.3, 0.4) is 0 Å². The third kappa shape index (κ3) is 3.57. The molecule has 0 aromatic heterocycles. The van der Waals surface area contributed by atoms with E-state index >= 15 is 0 Å². The standard InChI is InChI=1S/C14H17BrClN3O2/c15-8-3-4-10(16)9(6-8)11-7-13(19-18-11)17-14(20)12-2-1-5-21-12/h3-4,6,11-13,18-19H,1-2,5,7H2,(H,17,20). The number of nitrogens with one attached hydrogen (secondary N) is 3. The van der Waals surface area contributed by atoms with Crippen LogP contribution in [0.25, 0.3) is 0 Å². The fourth-order valence-electron chi connectivity index (χ4n) is 2.69. The van der Waals surface area contributed by atoms with Gasteiger partial charge in [-0.15, -0.1) is 0 Å². The van der Waals surface area contributed by atoms with Crippen molar-refractivity contribution in [1.82, 2.24) is 16.2 Å². The molecule has 2 heterocycles. The molecule has 1 amide bonds. The molecule has 2 aliphatic heterocycles. The van der Waals surface area contributed by atoms with Crippen LogP contribution < -0.4 is 16.2 Å². The lowest BCUT2D eigenvalue weighted by Gasteiger charge is -2.15. The quantitative estimate of drug-likeness (QED) is 0.759. The highest BCUT2D eigenvalue weighted by Crippen LogP contribution is 2.30. The number of amides is 1. The molecular formula is C14H17BrClN3O2. The molecule has 7 heteroatoms. The van der Waals surface area contributed by atoms with Crippen molar-refractivity contribution in [2.75, 3.05) is 6.61 Å². The van der Waals surface area contributed by atoms with Gasteiger partial charge in [0.2, 0.25) is 5.91 Å². The molecular weight excluding hydrogens is 358 g/mol. The molecule has 5 nitrogen and oxygen atoms in total. The summed E-state index contributed by atoms with van der Waals surface area (Å²) in [5, 5.41) is 3.67. The number of ether oxygens (including phenoxy) is 1. The van der Waals surface area contributed by atoms with E-state index < -0.39 is 0 Å². The fourth-order valence-corrected chi connectivity index (χ4v) is 3.31. The molecule has 0 radical (unpaired) electrons. The number of hydrogen-bond acceptors (Lipinski definition) is 4. The Balaban J connectivity index is 1.60. The molecule has 2 fully saturated rings. The lowest BCUT2D eigenvalue weighted by molar-refractivity contribution is -0.130. The zero-order valence-corrected chi connectivity index (χ0v) is 13.7. The van der Waals surface area contributed by atoms with E-state index in [0.29, 0.717) is 11.6 Å². The summed E-state index contributed by atoms with van der Waals surface area (Å²) in [5.41, 5.74) is 7.28. The number of carbonyl (C=O) groups is 1. The minimum absolute atomic E-state index is 0.0483. The van der Waals surface area contributed by atoms with Gasteiger partial charge < -0.3 is 10.1 Å². The number of halogens is 2. The Hall–Kier alpha value is -0.660. The summed E-state index contributed by atoms with van der Waals surface area (Å²) in [6.07, 6.45) is 2.05. The Morgan fingerprint density at radius 2 is 2.29 bits per heavy atom. The molecule has 3 unspecified atom stereocenters. The second kappa shape index (κ2) is 6.62. The molecule has 2 aliphatic rings. The van der Waals surface area contributed by atoms with Crippen molar-refractivity contribution in [3.63, 3.8) is 0 Å². The van der Waals surface area contributed by atoms with Crippen molar-refractivity contribution < 1.29 is 9.53 Å². The van der Waals surface area contributed by atoms with Gasteiger partial charge in [-0.2, -0.15) is 0 Å². The second-order valence-corrected chi connectivity index (χ2v) is 6.63. The first kappa shape index (κ1) is 15.2. The first-order valence-electron chi connectivity index (χ1n) is 7.01. The average Bonchev–Trinajstić information content (AvgIpc) is 3.12. The summed E-state index contributed by atoms with van der Waals surface area (Å²) in [5.74, 6) is -0.0483. The van der Waals surface area contributed by atoms with E-state index in [0.717, 1.165) is 29.3 Å². The second-order valence-electron chi connectivity index (χ2n) is 5.31. The highest BCUT2D eigenvalue weighted by Gasteiger charge is 2.31. The molecule has 1 aromatic rings. The Kier molecular flexibility index (Phi) is 4.81. The van der Waals surface area contributed by atoms with Crippen LogP contribution in [0.1, 0.15) is 30.9 Å². The number of hydrazine groups is 1. The SMILES string of the molecule is O=C(NC1CC(c2cc(Br)ccc2Cl)NN1)C1CCCO1. The zero-order chi connectivity index (χ0) is 14.8. The Labute approximate surface area is 136 Å². The van der Waals surface area contributed by atoms with Gasteiger partial charge in [-0.25, -0.2) is 10.9 Å². The number of hydrogen-bond donors (Lipinski definition) is 3. The topological polar surface area (TPSA) is 62.4 Å². The predicted octanol–water partition coefficient (Wildman–Crippen LogP) is 2.26. The molecule has 1 aromatic carbocycles. The van der Waals surface area contributed by atoms with Crippen molar-refractivity contribution in [3.05, 3.63) is 33.3 Å². The first-order valence-corrected chi connectivity index (χ1v) is 8.18. The average molecular weight is 375 g/mol. The maximum Gasteiger partial charge on any atom is 0.250 e. The van der Waals surface area contributed by atoms with Crippen LogP contribution in [0.5, 0.6) is 0 Å². The fraction of sp³-hybridized carbons (Fsp3) is 0.500. The van der Waals surface area contributed by atoms with Crippen molar-refractivity contribution in [1.29, 1.82) is 0 Å². The largest absolute Gasteiger partial charge is 0.368 e. The third-order valence-electron chi connectivity index (χ3n) is 3.78. The van der Waals surface area contributed by atoms with Crippen LogP contribution in [-0.2, 0) is 9.53 Å². The van der Waals surface area contributed by atoms with Crippen LogP contribution in [0.4, 0.5) is 0 Å². The van der Waals surface area contributed by atoms with Crippen molar-refractivity contribution >= 4 is 33.4 Å². The molecule has 114 valence electrons. The highest BCUT2D eigenvalue weighted by molar-refractivity contribution is 9.10. The number of rotatable bonds is 3. The van der Waals surface area contributed by atoms with Gasteiger partial charge in [-0.05, 0) is 36.6 Å². The summed E-state index contributed by atoms with van der Waals surface area (Å²) < 4.78 is 6.37. The van der Waals surface area contributed by atoms with Crippen LogP contribution >= 0.6 is 27.5 Å². The Bertz CT molecular complexity index is 537. The summed E-state index contributed by atoms with van der Waals surface area (Å²) in [6.45, 7) is 0.671. The van der Waals surface area contributed by atoms with Gasteiger partial charge >= 0.3 is 0 Å². The number of benzene rings is 1. The monoisotopic (exact) mass is 373 g/mol. The van der Waals surface area contributed by atoms with Crippen LogP contribution in [0.15, 0.2) is 22.7 Å². The lowest BCUT2D eigenvalue weighted by Crippen LogP contribution is -2.47. The predicted molar refractivity (Wildman–Crippen MR) is 83.7 cm³/mol. The van der Waals surface area contributed by atoms with Gasteiger partial charge in [0.25, 0.3) is 0 Å². The van der Waals surface area contributed by atoms with Gasteiger partial charge in [-0.3, -0.25) is 4.79 Å². The smallest absolute Gasteiger partial charge is 0.250 e. The van der Waals surface area contributed by atoms with E-state index in [4.69, 9.17) is 16.3 Å². The zero-order valence-electron chi connectivity index (χ0n) is 11.4. The van der Waals surface area contributed by atoms with E-state index in [2.05, 4.69) is 32.1 Å². The molecule has 3 N–H and O–H groups in total. The minimum Gasteiger partial charge on any atom is -0.368 e. The first-order chi connectivity index (χ1) is 10.1. The summed E-state index contributed by atoms with van der Waals surface area (Å²) in [6, 6.07) is 5.82. The molecule has 3 atom stereocenters. The van der Waals surface area contributed by atoms with Crippen LogP contribution in [-0.4, -0.2) is 24.8 Å². The summed E-state index contributed by atoms with van der Waals surface area (Å²) >= 11 is 9.69. The molecule has 0 aliphatic carbocycles. The van der Waals surface area contributed by atoms with E-state index in [-0.39, 0.29) is 24.2 Å². The molecule has 0 saturated carbocycles. The Morgan fingerprint density at radius 3 is 3.05 bits per heavy atom. The highest BCUT2D eigenvalue weighted by atomic mass is 79.9. The van der Waals surface area contributed by atoms with Crippen LogP contribution in [0.2, 0.25) is 5.02 Å². The maximum absolute atomic E-state index is 12.0. The Morgan fingerprint density at radius 1 is 1.43 bits per heavy atom. The third-order valence-corrected chi connectivity index (χ3v) is 4.61. The van der Waals surface area contributed by atoms with Gasteiger partial charge in [-0.1, -0.05) is 27.5 Å². The van der Waals surface area contributed by atoms with Gasteiger partial charge in [0, 0.05) is 22.5 Å². The van der Waals surface area contributed by atoms with Gasteiger partial charge in [0.1, 0.15) is 6.10 Å². The van der Waals surface area contributed by atoms with E-state index in [1.165, 1.54) is 0 Å². The maximum atomic E-state index is 12.0. The van der Waals surface area contributed by atoms with E-state index in [1.807, 2.05) is 18.2 Å². The van der Waals surface area contributed by atoms with E-state index in [9.17, 15) is 4.79 Å². The summed E-state index contributed by atoms with van der Waals surface area (Å²) in [7, 11) is 0. The van der Waals surface area contributed by atoms with Gasteiger partial charge in [0.05, 0.1) is 12.2 Å². The molecule has 3 rings (SSSR count). The minimum atomic E-state index is -0.305.